The minimum atomic E-state index is -0.577. The molecule has 0 aromatic heterocycles. The Kier molecular flexibility index (Phi) is 7.56. The van der Waals surface area contributed by atoms with Crippen molar-refractivity contribution in [2.24, 2.45) is 10.4 Å². The van der Waals surface area contributed by atoms with Crippen LogP contribution in [0, 0.1) is 17.0 Å². The largest absolute Gasteiger partial charge is 0.357 e. The Morgan fingerprint density at radius 3 is 2.52 bits per heavy atom. The molecule has 5 nitrogen and oxygen atoms in total. The van der Waals surface area contributed by atoms with Crippen LogP contribution in [0.5, 0.6) is 0 Å². The van der Waals surface area contributed by atoms with Gasteiger partial charge in [0.05, 0.1) is 12.0 Å². The molecule has 0 heterocycles. The maximum absolute atomic E-state index is 13.7. The van der Waals surface area contributed by atoms with Crippen LogP contribution in [0.1, 0.15) is 38.2 Å². The maximum Gasteiger partial charge on any atom is 0.230 e. The monoisotopic (exact) mass is 380 g/mol. The summed E-state index contributed by atoms with van der Waals surface area (Å²) >= 11 is 0. The number of guanidine groups is 1. The van der Waals surface area contributed by atoms with Crippen LogP contribution in [0.3, 0.4) is 0 Å². The summed E-state index contributed by atoms with van der Waals surface area (Å²) in [5, 5.41) is 6.34. The number of carbonyl (C=O) groups is 1. The van der Waals surface area contributed by atoms with E-state index < -0.39 is 17.0 Å². The predicted molar refractivity (Wildman–Crippen MR) is 104 cm³/mol. The van der Waals surface area contributed by atoms with Gasteiger partial charge in [0, 0.05) is 33.3 Å². The third-order valence-corrected chi connectivity index (χ3v) is 5.01. The highest BCUT2D eigenvalue weighted by Gasteiger charge is 2.42. The summed E-state index contributed by atoms with van der Waals surface area (Å²) in [7, 11) is 3.57. The van der Waals surface area contributed by atoms with E-state index in [1.807, 2.05) is 6.92 Å². The van der Waals surface area contributed by atoms with Crippen molar-refractivity contribution in [2.75, 3.05) is 33.7 Å². The third kappa shape index (κ3) is 5.65. The van der Waals surface area contributed by atoms with Crippen molar-refractivity contribution in [3.05, 3.63) is 35.4 Å². The van der Waals surface area contributed by atoms with Crippen LogP contribution in [-0.2, 0) is 11.2 Å². The number of rotatable bonds is 7. The highest BCUT2D eigenvalue weighted by Crippen LogP contribution is 2.39. The molecular weight excluding hydrogens is 350 g/mol. The lowest BCUT2D eigenvalue weighted by atomic mass is 9.85. The minimum absolute atomic E-state index is 0.132. The highest BCUT2D eigenvalue weighted by molar-refractivity contribution is 5.84. The fraction of sp³-hybridized carbons (Fsp3) is 0.600. The summed E-state index contributed by atoms with van der Waals surface area (Å²) in [5.41, 5.74) is 0.0318. The molecule has 2 N–H and O–H groups in total. The molecule has 0 bridgehead atoms. The summed E-state index contributed by atoms with van der Waals surface area (Å²) in [6.45, 7) is 3.55. The number of aliphatic imine (C=N–C) groups is 1. The van der Waals surface area contributed by atoms with Crippen molar-refractivity contribution >= 4 is 11.9 Å². The minimum Gasteiger partial charge on any atom is -0.357 e. The summed E-state index contributed by atoms with van der Waals surface area (Å²) in [5.74, 6) is -0.377. The lowest BCUT2D eigenvalue weighted by molar-refractivity contribution is -0.138. The van der Waals surface area contributed by atoms with Crippen LogP contribution < -0.4 is 10.6 Å². The number of hydrogen-bond acceptors (Lipinski definition) is 2. The first-order chi connectivity index (χ1) is 12.9. The second kappa shape index (κ2) is 9.67. The molecule has 27 heavy (non-hydrogen) atoms. The van der Waals surface area contributed by atoms with Crippen LogP contribution in [0.25, 0.3) is 0 Å². The van der Waals surface area contributed by atoms with E-state index in [-0.39, 0.29) is 5.91 Å². The lowest BCUT2D eigenvalue weighted by Crippen LogP contribution is -2.43. The average Bonchev–Trinajstić information content (AvgIpc) is 3.10. The topological polar surface area (TPSA) is 56.7 Å². The molecule has 1 aliphatic rings. The highest BCUT2D eigenvalue weighted by atomic mass is 19.1. The van der Waals surface area contributed by atoms with E-state index in [1.54, 1.807) is 19.0 Å². The van der Waals surface area contributed by atoms with Gasteiger partial charge in [-0.05, 0) is 37.8 Å². The molecule has 0 radical (unpaired) electrons. The number of nitrogens with zero attached hydrogens (tertiary/aromatic N) is 2. The van der Waals surface area contributed by atoms with Gasteiger partial charge in [-0.1, -0.05) is 18.9 Å². The first-order valence-electron chi connectivity index (χ1n) is 9.56. The molecule has 0 saturated heterocycles. The standard InChI is InChI=1S/C20H30F2N4O/c1-4-23-19(24-12-9-15-7-8-16(21)13-17(15)22)25-14-20(10-5-6-11-20)18(27)26(2)3/h7-8,13H,4-6,9-12,14H2,1-3H3,(H2,23,24,25). The van der Waals surface area contributed by atoms with Gasteiger partial charge in [-0.3, -0.25) is 9.79 Å². The Morgan fingerprint density at radius 1 is 1.22 bits per heavy atom. The van der Waals surface area contributed by atoms with Crippen LogP contribution >= 0.6 is 0 Å². The number of benzene rings is 1. The first kappa shape index (κ1) is 21.1. The van der Waals surface area contributed by atoms with Crippen molar-refractivity contribution in [1.82, 2.24) is 15.5 Å². The Morgan fingerprint density at radius 2 is 1.93 bits per heavy atom. The number of halogens is 2. The van der Waals surface area contributed by atoms with Gasteiger partial charge in [0.1, 0.15) is 11.6 Å². The van der Waals surface area contributed by atoms with Crippen LogP contribution in [0.15, 0.2) is 23.2 Å². The van der Waals surface area contributed by atoms with Gasteiger partial charge in [0.15, 0.2) is 5.96 Å². The smallest absolute Gasteiger partial charge is 0.230 e. The Labute approximate surface area is 160 Å². The van der Waals surface area contributed by atoms with E-state index in [9.17, 15) is 13.6 Å². The van der Waals surface area contributed by atoms with E-state index in [0.29, 0.717) is 37.6 Å². The molecule has 1 saturated carbocycles. The van der Waals surface area contributed by atoms with Crippen molar-refractivity contribution in [3.63, 3.8) is 0 Å². The quantitative estimate of drug-likeness (QED) is 0.565. The molecule has 1 aliphatic carbocycles. The van der Waals surface area contributed by atoms with Gasteiger partial charge in [-0.15, -0.1) is 0 Å². The van der Waals surface area contributed by atoms with Crippen LogP contribution in [0.2, 0.25) is 0 Å². The van der Waals surface area contributed by atoms with Gasteiger partial charge >= 0.3 is 0 Å². The zero-order valence-electron chi connectivity index (χ0n) is 16.4. The van der Waals surface area contributed by atoms with E-state index in [0.717, 1.165) is 31.7 Å². The zero-order valence-corrected chi connectivity index (χ0v) is 16.4. The van der Waals surface area contributed by atoms with Gasteiger partial charge in [0.25, 0.3) is 0 Å². The van der Waals surface area contributed by atoms with Gasteiger partial charge in [-0.25, -0.2) is 8.78 Å². The SMILES string of the molecule is CCNC(=NCC1(C(=O)N(C)C)CCCC1)NCCc1ccc(F)cc1F. The Hall–Kier alpha value is -2.18. The number of carbonyl (C=O) groups excluding carboxylic acids is 1. The Bertz CT molecular complexity index is 670. The first-order valence-corrected chi connectivity index (χ1v) is 9.56. The number of nitrogens with one attached hydrogen (secondary N) is 2. The molecule has 7 heteroatoms. The van der Waals surface area contributed by atoms with Crippen molar-refractivity contribution in [3.8, 4) is 0 Å². The summed E-state index contributed by atoms with van der Waals surface area (Å²) in [4.78, 5) is 18.9. The fourth-order valence-electron chi connectivity index (χ4n) is 3.58. The molecule has 1 fully saturated rings. The summed E-state index contributed by atoms with van der Waals surface area (Å²) in [6.07, 6.45) is 4.21. The van der Waals surface area contributed by atoms with E-state index in [4.69, 9.17) is 0 Å². The molecule has 1 aromatic carbocycles. The second-order valence-corrected chi connectivity index (χ2v) is 7.29. The molecule has 0 unspecified atom stereocenters. The lowest BCUT2D eigenvalue weighted by Gasteiger charge is -2.29. The molecule has 0 spiro atoms. The molecule has 150 valence electrons. The Balaban J connectivity index is 1.99. The molecule has 1 aromatic rings. The van der Waals surface area contributed by atoms with Gasteiger partial charge in [-0.2, -0.15) is 0 Å². The normalized spacial score (nSPS) is 16.3. The molecule has 0 atom stereocenters. The third-order valence-electron chi connectivity index (χ3n) is 5.01. The zero-order chi connectivity index (χ0) is 19.9. The van der Waals surface area contributed by atoms with E-state index in [1.165, 1.54) is 12.1 Å². The fourth-order valence-corrected chi connectivity index (χ4v) is 3.58. The van der Waals surface area contributed by atoms with Crippen LogP contribution in [0.4, 0.5) is 8.78 Å². The second-order valence-electron chi connectivity index (χ2n) is 7.29. The maximum atomic E-state index is 13.7. The van der Waals surface area contributed by atoms with Crippen molar-refractivity contribution in [1.29, 1.82) is 0 Å². The molecule has 2 rings (SSSR count). The summed E-state index contributed by atoms with van der Waals surface area (Å²) in [6, 6.07) is 3.61. The predicted octanol–water partition coefficient (Wildman–Crippen LogP) is 2.71. The number of hydrogen-bond donors (Lipinski definition) is 2. The van der Waals surface area contributed by atoms with E-state index >= 15 is 0 Å². The van der Waals surface area contributed by atoms with E-state index in [2.05, 4.69) is 15.6 Å². The van der Waals surface area contributed by atoms with Gasteiger partial charge in [0.2, 0.25) is 5.91 Å². The number of amides is 1. The molecule has 0 aliphatic heterocycles. The van der Waals surface area contributed by atoms with Crippen molar-refractivity contribution in [2.45, 2.75) is 39.0 Å². The van der Waals surface area contributed by atoms with Crippen LogP contribution in [-0.4, -0.2) is 50.5 Å². The molecule has 1 amide bonds. The molecular formula is C20H30F2N4O. The average molecular weight is 380 g/mol. The summed E-state index contributed by atoms with van der Waals surface area (Å²) < 4.78 is 26.7. The van der Waals surface area contributed by atoms with Gasteiger partial charge < -0.3 is 15.5 Å². The van der Waals surface area contributed by atoms with Crippen molar-refractivity contribution < 1.29 is 13.6 Å².